The van der Waals surface area contributed by atoms with Crippen LogP contribution in [-0.4, -0.2) is 40.7 Å². The molecule has 2 aliphatic heterocycles. The second kappa shape index (κ2) is 8.21. The first kappa shape index (κ1) is 19.5. The predicted molar refractivity (Wildman–Crippen MR) is 106 cm³/mol. The Morgan fingerprint density at radius 2 is 2.07 bits per heavy atom. The minimum absolute atomic E-state index is 0.0658. The Bertz CT molecular complexity index is 887. The van der Waals surface area contributed by atoms with Crippen molar-refractivity contribution >= 4 is 29.3 Å². The van der Waals surface area contributed by atoms with Gasteiger partial charge in [-0.25, -0.2) is 4.79 Å². The monoisotopic (exact) mass is 381 g/mol. The fourth-order valence-electron chi connectivity index (χ4n) is 3.09. The second-order valence-corrected chi connectivity index (χ2v) is 6.87. The van der Waals surface area contributed by atoms with E-state index in [9.17, 15) is 14.4 Å². The Labute approximate surface area is 163 Å². The maximum absolute atomic E-state index is 13.2. The molecule has 0 saturated carbocycles. The van der Waals surface area contributed by atoms with Crippen molar-refractivity contribution in [1.82, 2.24) is 4.90 Å². The summed E-state index contributed by atoms with van der Waals surface area (Å²) < 4.78 is 5.27. The van der Waals surface area contributed by atoms with Crippen LogP contribution in [0, 0.1) is 0 Å². The lowest BCUT2D eigenvalue weighted by atomic mass is 9.91. The topological polar surface area (TPSA) is 88.1 Å². The molecule has 0 aliphatic carbocycles. The molecule has 1 atom stereocenters. The molecule has 0 bridgehead atoms. The van der Waals surface area contributed by atoms with Crippen LogP contribution in [-0.2, 0) is 14.3 Å². The number of aliphatic imine (C=N–C) groups is 1. The smallest absolute Gasteiger partial charge is 0.340 e. The van der Waals surface area contributed by atoms with Crippen molar-refractivity contribution in [2.75, 3.05) is 11.9 Å². The maximum atomic E-state index is 13.2. The zero-order valence-electron chi connectivity index (χ0n) is 16.0. The van der Waals surface area contributed by atoms with Crippen molar-refractivity contribution in [3.8, 4) is 0 Å². The van der Waals surface area contributed by atoms with E-state index in [2.05, 4.69) is 10.3 Å². The van der Waals surface area contributed by atoms with E-state index in [-0.39, 0.29) is 17.9 Å². The molecule has 0 saturated heterocycles. The normalized spacial score (nSPS) is 20.4. The fraction of sp³-hybridized carbons (Fsp3) is 0.333. The Balaban J connectivity index is 1.82. The first-order valence-electron chi connectivity index (χ1n) is 9.29. The highest BCUT2D eigenvalue weighted by Gasteiger charge is 2.45. The molecular weight excluding hydrogens is 358 g/mol. The van der Waals surface area contributed by atoms with Gasteiger partial charge in [-0.1, -0.05) is 31.6 Å². The number of benzene rings is 1. The standard InChI is InChI=1S/C21H23N3O4/c1-3-4-13-28-19(26)15-9-5-6-10-16(15)22-20(27)21(2)14-18(25)23-17-11-7-8-12-24(17)21/h5-12H,3-4,13-14H2,1-2H3,(H,22,27). The number of unbranched alkanes of at least 4 members (excludes halogenated alkanes) is 1. The SMILES string of the molecule is CCCCOC(=O)c1ccccc1NC(=O)C1(C)CC(=O)N=C2C=CC=CN21. The molecule has 2 amide bonds. The number of hydrogen-bond donors (Lipinski definition) is 1. The number of nitrogens with zero attached hydrogens (tertiary/aromatic N) is 2. The van der Waals surface area contributed by atoms with E-state index < -0.39 is 17.4 Å². The van der Waals surface area contributed by atoms with Gasteiger partial charge < -0.3 is 15.0 Å². The maximum Gasteiger partial charge on any atom is 0.340 e. The first-order valence-corrected chi connectivity index (χ1v) is 9.29. The summed E-state index contributed by atoms with van der Waals surface area (Å²) in [6, 6.07) is 6.68. The molecular formula is C21H23N3O4. The highest BCUT2D eigenvalue weighted by atomic mass is 16.5. The Morgan fingerprint density at radius 1 is 1.29 bits per heavy atom. The molecule has 0 spiro atoms. The van der Waals surface area contributed by atoms with Gasteiger partial charge in [0, 0.05) is 6.20 Å². The van der Waals surface area contributed by atoms with Gasteiger partial charge in [0.2, 0.25) is 0 Å². The highest BCUT2D eigenvalue weighted by molar-refractivity contribution is 6.12. The molecule has 7 nitrogen and oxygen atoms in total. The molecule has 0 aromatic heterocycles. The van der Waals surface area contributed by atoms with Crippen LogP contribution in [0.5, 0.6) is 0 Å². The Morgan fingerprint density at radius 3 is 2.86 bits per heavy atom. The molecule has 7 heteroatoms. The number of amides is 2. The van der Waals surface area contributed by atoms with Crippen molar-refractivity contribution in [1.29, 1.82) is 0 Å². The zero-order valence-corrected chi connectivity index (χ0v) is 16.0. The van der Waals surface area contributed by atoms with E-state index in [4.69, 9.17) is 4.74 Å². The number of amidine groups is 1. The van der Waals surface area contributed by atoms with Crippen LogP contribution in [0.4, 0.5) is 5.69 Å². The fourth-order valence-corrected chi connectivity index (χ4v) is 3.09. The van der Waals surface area contributed by atoms with Gasteiger partial charge in [0.25, 0.3) is 11.8 Å². The number of para-hydroxylation sites is 1. The number of carbonyl (C=O) groups excluding carboxylic acids is 3. The molecule has 0 radical (unpaired) electrons. The third-order valence-electron chi connectivity index (χ3n) is 4.72. The summed E-state index contributed by atoms with van der Waals surface area (Å²) in [5, 5.41) is 2.80. The first-order chi connectivity index (χ1) is 13.5. The van der Waals surface area contributed by atoms with Gasteiger partial charge in [0.05, 0.1) is 24.3 Å². The number of anilines is 1. The van der Waals surface area contributed by atoms with Crippen LogP contribution in [0.15, 0.2) is 53.7 Å². The Hall–Kier alpha value is -3.22. The minimum atomic E-state index is -1.16. The van der Waals surface area contributed by atoms with Crippen LogP contribution >= 0.6 is 0 Å². The third-order valence-corrected chi connectivity index (χ3v) is 4.72. The Kier molecular flexibility index (Phi) is 5.73. The molecule has 0 fully saturated rings. The average Bonchev–Trinajstić information content (AvgIpc) is 2.68. The predicted octanol–water partition coefficient (Wildman–Crippen LogP) is 3.06. The van der Waals surface area contributed by atoms with Gasteiger partial charge in [0.15, 0.2) is 0 Å². The summed E-state index contributed by atoms with van der Waals surface area (Å²) in [6.45, 7) is 4.02. The quantitative estimate of drug-likeness (QED) is 0.604. The number of esters is 1. The van der Waals surface area contributed by atoms with E-state index in [0.717, 1.165) is 12.8 Å². The molecule has 2 heterocycles. The minimum Gasteiger partial charge on any atom is -0.462 e. The van der Waals surface area contributed by atoms with Crippen LogP contribution in [0.2, 0.25) is 0 Å². The van der Waals surface area contributed by atoms with E-state index in [0.29, 0.717) is 18.1 Å². The van der Waals surface area contributed by atoms with Gasteiger partial charge >= 0.3 is 5.97 Å². The molecule has 2 aliphatic rings. The number of rotatable bonds is 6. The van der Waals surface area contributed by atoms with E-state index in [1.807, 2.05) is 6.92 Å². The number of ether oxygens (including phenoxy) is 1. The average molecular weight is 381 g/mol. The lowest BCUT2D eigenvalue weighted by molar-refractivity contribution is -0.130. The van der Waals surface area contributed by atoms with Crippen LogP contribution < -0.4 is 5.32 Å². The summed E-state index contributed by atoms with van der Waals surface area (Å²) in [4.78, 5) is 43.3. The van der Waals surface area contributed by atoms with Crippen molar-refractivity contribution < 1.29 is 19.1 Å². The van der Waals surface area contributed by atoms with E-state index in [1.54, 1.807) is 60.5 Å². The van der Waals surface area contributed by atoms with Gasteiger partial charge in [-0.2, -0.15) is 4.99 Å². The van der Waals surface area contributed by atoms with Crippen molar-refractivity contribution in [2.45, 2.75) is 38.6 Å². The number of allylic oxidation sites excluding steroid dienone is 2. The highest BCUT2D eigenvalue weighted by Crippen LogP contribution is 2.30. The molecule has 1 aromatic carbocycles. The lowest BCUT2D eigenvalue weighted by Gasteiger charge is -2.41. The summed E-state index contributed by atoms with van der Waals surface area (Å²) in [5.41, 5.74) is -0.529. The van der Waals surface area contributed by atoms with E-state index >= 15 is 0 Å². The number of fused-ring (bicyclic) bond motifs is 1. The second-order valence-electron chi connectivity index (χ2n) is 6.87. The van der Waals surface area contributed by atoms with Gasteiger partial charge in [0.1, 0.15) is 11.4 Å². The van der Waals surface area contributed by atoms with Crippen molar-refractivity contribution in [2.24, 2.45) is 4.99 Å². The van der Waals surface area contributed by atoms with Crippen LogP contribution in [0.3, 0.4) is 0 Å². The molecule has 1 aromatic rings. The summed E-state index contributed by atoms with van der Waals surface area (Å²) in [5.74, 6) is -0.834. The number of carbonyl (C=O) groups is 3. The van der Waals surface area contributed by atoms with Crippen LogP contribution in [0.1, 0.15) is 43.5 Å². The van der Waals surface area contributed by atoms with Gasteiger partial charge in [-0.3, -0.25) is 9.59 Å². The van der Waals surface area contributed by atoms with Gasteiger partial charge in [-0.15, -0.1) is 0 Å². The number of hydrogen-bond acceptors (Lipinski definition) is 5. The molecule has 1 N–H and O–H groups in total. The van der Waals surface area contributed by atoms with Crippen molar-refractivity contribution in [3.63, 3.8) is 0 Å². The zero-order chi connectivity index (χ0) is 20.1. The van der Waals surface area contributed by atoms with Crippen LogP contribution in [0.25, 0.3) is 0 Å². The number of nitrogens with one attached hydrogen (secondary N) is 1. The molecule has 1 unspecified atom stereocenters. The third kappa shape index (κ3) is 3.88. The van der Waals surface area contributed by atoms with E-state index in [1.165, 1.54) is 0 Å². The molecule has 146 valence electrons. The molecule has 28 heavy (non-hydrogen) atoms. The van der Waals surface area contributed by atoms with Crippen molar-refractivity contribution in [3.05, 3.63) is 54.3 Å². The molecule has 3 rings (SSSR count). The van der Waals surface area contributed by atoms with Gasteiger partial charge in [-0.05, 0) is 37.6 Å². The summed E-state index contributed by atoms with van der Waals surface area (Å²) >= 11 is 0. The summed E-state index contributed by atoms with van der Waals surface area (Å²) in [7, 11) is 0. The largest absolute Gasteiger partial charge is 0.462 e. The summed E-state index contributed by atoms with van der Waals surface area (Å²) in [6.07, 6.45) is 8.56. The lowest BCUT2D eigenvalue weighted by Crippen LogP contribution is -2.58.